The second-order valence-corrected chi connectivity index (χ2v) is 8.34. The number of Topliss-reactive ketones (excluding diaryl/α,β-unsaturated/α-hetero) is 1. The van der Waals surface area contributed by atoms with E-state index in [4.69, 9.17) is 5.73 Å². The van der Waals surface area contributed by atoms with Gasteiger partial charge in [-0.3, -0.25) is 4.79 Å². The minimum atomic E-state index is 0.266. The van der Waals surface area contributed by atoms with E-state index >= 15 is 0 Å². The molecule has 0 aromatic carbocycles. The molecule has 1 saturated heterocycles. The summed E-state index contributed by atoms with van der Waals surface area (Å²) in [4.78, 5) is 15.8. The molecule has 2 saturated carbocycles. The lowest BCUT2D eigenvalue weighted by Crippen LogP contribution is -2.19. The van der Waals surface area contributed by atoms with Gasteiger partial charge in [0.25, 0.3) is 0 Å². The molecule has 3 nitrogen and oxygen atoms in total. The van der Waals surface area contributed by atoms with E-state index in [1.54, 1.807) is 11.3 Å². The first kappa shape index (κ1) is 13.6. The molecule has 3 aliphatic rings. The molecule has 21 heavy (non-hydrogen) atoms. The molecule has 0 amide bonds. The summed E-state index contributed by atoms with van der Waals surface area (Å²) >= 11 is 1.68. The number of hydrogen-bond acceptors (Lipinski definition) is 4. The number of carbonyl (C=O) groups is 1. The standard InChI is InChI=1S/C17H24N2OS/c1-9-7-19(8-10(9)2)17-13(11-3-4-11)14(18)16(21-17)15(20)12-5-6-12/h9-12H,3-8,18H2,1-2H3. The van der Waals surface area contributed by atoms with Gasteiger partial charge in [-0.15, -0.1) is 11.3 Å². The maximum atomic E-state index is 12.5. The fourth-order valence-electron chi connectivity index (χ4n) is 3.46. The normalized spacial score (nSPS) is 29.1. The zero-order valence-corrected chi connectivity index (χ0v) is 13.7. The highest BCUT2D eigenvalue weighted by Gasteiger charge is 2.39. The SMILES string of the molecule is CC1CN(c2sc(C(=O)C3CC3)c(N)c2C2CC2)CC1C. The maximum absolute atomic E-state index is 12.5. The molecule has 2 aliphatic carbocycles. The Hall–Kier alpha value is -1.03. The molecule has 2 atom stereocenters. The Kier molecular flexibility index (Phi) is 3.07. The summed E-state index contributed by atoms with van der Waals surface area (Å²) < 4.78 is 0. The number of hydrogen-bond donors (Lipinski definition) is 1. The Labute approximate surface area is 130 Å². The Morgan fingerprint density at radius 2 is 1.76 bits per heavy atom. The van der Waals surface area contributed by atoms with Gasteiger partial charge in [-0.05, 0) is 43.4 Å². The first-order valence-corrected chi connectivity index (χ1v) is 9.09. The van der Waals surface area contributed by atoms with Gasteiger partial charge in [0.2, 0.25) is 0 Å². The van der Waals surface area contributed by atoms with Crippen LogP contribution < -0.4 is 10.6 Å². The van der Waals surface area contributed by atoms with Crippen LogP contribution in [0.3, 0.4) is 0 Å². The molecule has 114 valence electrons. The third-order valence-corrected chi connectivity index (χ3v) is 6.69. The van der Waals surface area contributed by atoms with Gasteiger partial charge in [-0.1, -0.05) is 13.8 Å². The predicted octanol–water partition coefficient (Wildman–Crippen LogP) is 3.89. The van der Waals surface area contributed by atoms with Gasteiger partial charge in [0.1, 0.15) is 0 Å². The van der Waals surface area contributed by atoms with Gasteiger partial charge in [0, 0.05) is 24.6 Å². The van der Waals surface area contributed by atoms with Crippen molar-refractivity contribution >= 4 is 27.8 Å². The highest BCUT2D eigenvalue weighted by atomic mass is 32.1. The number of nitrogens with two attached hydrogens (primary N) is 1. The van der Waals surface area contributed by atoms with Crippen molar-refractivity contribution in [2.75, 3.05) is 23.7 Å². The molecular formula is C17H24N2OS. The van der Waals surface area contributed by atoms with Crippen LogP contribution in [-0.2, 0) is 0 Å². The van der Waals surface area contributed by atoms with Gasteiger partial charge in [-0.2, -0.15) is 0 Å². The molecule has 0 spiro atoms. The van der Waals surface area contributed by atoms with Crippen LogP contribution >= 0.6 is 11.3 Å². The number of ketones is 1. The lowest BCUT2D eigenvalue weighted by atomic mass is 10.0. The molecule has 2 N–H and O–H groups in total. The van der Waals surface area contributed by atoms with Crippen LogP contribution in [0.25, 0.3) is 0 Å². The molecule has 2 unspecified atom stereocenters. The number of anilines is 2. The van der Waals surface area contributed by atoms with Crippen molar-refractivity contribution in [2.24, 2.45) is 17.8 Å². The molecule has 1 aromatic heterocycles. The summed E-state index contributed by atoms with van der Waals surface area (Å²) in [6.45, 7) is 6.87. The van der Waals surface area contributed by atoms with E-state index in [9.17, 15) is 4.79 Å². The molecule has 4 heteroatoms. The number of thiophene rings is 1. The van der Waals surface area contributed by atoms with E-state index in [1.165, 1.54) is 23.4 Å². The molecular weight excluding hydrogens is 280 g/mol. The largest absolute Gasteiger partial charge is 0.397 e. The zero-order chi connectivity index (χ0) is 14.7. The van der Waals surface area contributed by atoms with Gasteiger partial charge in [0.05, 0.1) is 15.6 Å². The quantitative estimate of drug-likeness (QED) is 0.858. The number of carbonyl (C=O) groups excluding carboxylic acids is 1. The third kappa shape index (κ3) is 2.28. The molecule has 0 bridgehead atoms. The highest BCUT2D eigenvalue weighted by Crippen LogP contribution is 2.54. The fraction of sp³-hybridized carbons (Fsp3) is 0.706. The first-order valence-electron chi connectivity index (χ1n) is 8.27. The topological polar surface area (TPSA) is 46.3 Å². The summed E-state index contributed by atoms with van der Waals surface area (Å²) in [5, 5.41) is 1.32. The third-order valence-electron chi connectivity index (χ3n) is 5.40. The number of nitrogen functional groups attached to an aromatic ring is 1. The molecule has 0 radical (unpaired) electrons. The van der Waals surface area contributed by atoms with Crippen LogP contribution in [0, 0.1) is 17.8 Å². The Balaban J connectivity index is 1.72. The Morgan fingerprint density at radius 1 is 1.14 bits per heavy atom. The smallest absolute Gasteiger partial charge is 0.178 e. The minimum absolute atomic E-state index is 0.266. The van der Waals surface area contributed by atoms with E-state index in [1.807, 2.05) is 0 Å². The zero-order valence-electron chi connectivity index (χ0n) is 12.9. The summed E-state index contributed by atoms with van der Waals surface area (Å²) in [5.41, 5.74) is 8.54. The van der Waals surface area contributed by atoms with Crippen molar-refractivity contribution in [3.63, 3.8) is 0 Å². The van der Waals surface area contributed by atoms with Gasteiger partial charge in [-0.25, -0.2) is 0 Å². The molecule has 2 heterocycles. The van der Waals surface area contributed by atoms with Crippen LogP contribution in [-0.4, -0.2) is 18.9 Å². The lowest BCUT2D eigenvalue weighted by molar-refractivity contribution is 0.0972. The predicted molar refractivity (Wildman–Crippen MR) is 88.3 cm³/mol. The fourth-order valence-corrected chi connectivity index (χ4v) is 4.80. The number of rotatable bonds is 4. The highest BCUT2D eigenvalue weighted by molar-refractivity contribution is 7.19. The van der Waals surface area contributed by atoms with E-state index in [0.717, 1.165) is 48.3 Å². The van der Waals surface area contributed by atoms with Crippen LogP contribution in [0.15, 0.2) is 0 Å². The monoisotopic (exact) mass is 304 g/mol. The van der Waals surface area contributed by atoms with E-state index in [2.05, 4.69) is 18.7 Å². The van der Waals surface area contributed by atoms with Crippen molar-refractivity contribution in [1.29, 1.82) is 0 Å². The van der Waals surface area contributed by atoms with Crippen molar-refractivity contribution in [2.45, 2.75) is 45.4 Å². The van der Waals surface area contributed by atoms with E-state index in [-0.39, 0.29) is 5.92 Å². The van der Waals surface area contributed by atoms with Crippen molar-refractivity contribution in [3.8, 4) is 0 Å². The Morgan fingerprint density at radius 3 is 2.29 bits per heavy atom. The van der Waals surface area contributed by atoms with Crippen LogP contribution in [0.4, 0.5) is 10.7 Å². The second-order valence-electron chi connectivity index (χ2n) is 7.34. The minimum Gasteiger partial charge on any atom is -0.397 e. The molecule has 1 aliphatic heterocycles. The summed E-state index contributed by atoms with van der Waals surface area (Å²) in [5.74, 6) is 2.64. The van der Waals surface area contributed by atoms with Crippen molar-refractivity contribution in [1.82, 2.24) is 0 Å². The lowest BCUT2D eigenvalue weighted by Gasteiger charge is -2.18. The van der Waals surface area contributed by atoms with Gasteiger partial charge >= 0.3 is 0 Å². The van der Waals surface area contributed by atoms with E-state index < -0.39 is 0 Å². The Bertz CT molecular complexity index is 576. The second kappa shape index (κ2) is 4.73. The van der Waals surface area contributed by atoms with Gasteiger partial charge in [0.15, 0.2) is 5.78 Å². The maximum Gasteiger partial charge on any atom is 0.178 e. The summed E-state index contributed by atoms with van der Waals surface area (Å²) in [6.07, 6.45) is 4.60. The summed E-state index contributed by atoms with van der Waals surface area (Å²) in [7, 11) is 0. The van der Waals surface area contributed by atoms with E-state index in [0.29, 0.717) is 11.7 Å². The molecule has 4 rings (SSSR count). The van der Waals surface area contributed by atoms with Gasteiger partial charge < -0.3 is 10.6 Å². The average molecular weight is 304 g/mol. The molecule has 1 aromatic rings. The summed E-state index contributed by atoms with van der Waals surface area (Å²) in [6, 6.07) is 0. The average Bonchev–Trinajstić information content (AvgIpc) is 3.35. The first-order chi connectivity index (χ1) is 10.1. The molecule has 3 fully saturated rings. The van der Waals surface area contributed by atoms with Crippen molar-refractivity contribution in [3.05, 3.63) is 10.4 Å². The van der Waals surface area contributed by atoms with Crippen LogP contribution in [0.1, 0.15) is 60.7 Å². The van der Waals surface area contributed by atoms with Crippen molar-refractivity contribution < 1.29 is 4.79 Å². The van der Waals surface area contributed by atoms with Crippen LogP contribution in [0.2, 0.25) is 0 Å². The number of nitrogens with zero attached hydrogens (tertiary/aromatic N) is 1. The van der Waals surface area contributed by atoms with Crippen LogP contribution in [0.5, 0.6) is 0 Å².